The lowest BCUT2D eigenvalue weighted by atomic mass is 9.92. The molecule has 0 bridgehead atoms. The number of benzene rings is 4. The molecule has 1 aliphatic heterocycles. The lowest BCUT2D eigenvalue weighted by Gasteiger charge is -2.35. The third-order valence-electron chi connectivity index (χ3n) is 7.33. The minimum absolute atomic E-state index is 0.405. The number of amides is 1. The van der Waals surface area contributed by atoms with Crippen LogP contribution in [0.5, 0.6) is 17.4 Å². The van der Waals surface area contributed by atoms with Crippen LogP contribution < -0.4 is 9.47 Å². The molecule has 1 unspecified atom stereocenters. The van der Waals surface area contributed by atoms with E-state index in [4.69, 9.17) is 32.7 Å². The predicted molar refractivity (Wildman–Crippen MR) is 161 cm³/mol. The van der Waals surface area contributed by atoms with Gasteiger partial charge in [-0.05, 0) is 84.3 Å². The van der Waals surface area contributed by atoms with Gasteiger partial charge < -0.3 is 14.5 Å². The Morgan fingerprint density at radius 2 is 1.61 bits per heavy atom. The van der Waals surface area contributed by atoms with Crippen molar-refractivity contribution in [1.29, 1.82) is 0 Å². The normalized spacial score (nSPS) is 14.7. The van der Waals surface area contributed by atoms with Crippen LogP contribution in [-0.2, 0) is 6.42 Å². The highest BCUT2D eigenvalue weighted by atomic mass is 35.5. The topological polar surface area (TPSA) is 67.5 Å². The summed E-state index contributed by atoms with van der Waals surface area (Å²) in [5, 5.41) is 3.35. The second kappa shape index (κ2) is 10.5. The van der Waals surface area contributed by atoms with Gasteiger partial charge in [-0.2, -0.15) is 0 Å². The molecule has 1 N–H and O–H groups in total. The van der Waals surface area contributed by atoms with E-state index in [1.165, 1.54) is 0 Å². The molecule has 7 rings (SSSR count). The summed E-state index contributed by atoms with van der Waals surface area (Å²) in [5.74, 6) is 1.59. The van der Waals surface area contributed by atoms with Crippen LogP contribution in [0.25, 0.3) is 21.8 Å². The number of carbonyl (C=O) groups is 1. The Morgan fingerprint density at radius 1 is 0.854 bits per heavy atom. The fraction of sp³-hybridized carbons (Fsp3) is 0.0909. The molecular weight excluding hydrogens is 557 g/mol. The number of aromatic nitrogens is 2. The van der Waals surface area contributed by atoms with Gasteiger partial charge in [-0.15, -0.1) is 0 Å². The van der Waals surface area contributed by atoms with Crippen molar-refractivity contribution >= 4 is 51.1 Å². The third-order valence-corrected chi connectivity index (χ3v) is 7.82. The highest BCUT2D eigenvalue weighted by molar-refractivity contribution is 6.31. The van der Waals surface area contributed by atoms with Crippen LogP contribution in [0, 0.1) is 0 Å². The molecule has 6 nitrogen and oxygen atoms in total. The first-order valence-electron chi connectivity index (χ1n) is 13.2. The molecule has 0 saturated carbocycles. The number of pyridine rings is 1. The zero-order valence-electron chi connectivity index (χ0n) is 21.7. The number of nitrogens with one attached hydrogen (secondary N) is 1. The van der Waals surface area contributed by atoms with Crippen molar-refractivity contribution in [1.82, 2.24) is 14.9 Å². The molecule has 3 heterocycles. The number of fused-ring (bicyclic) bond motifs is 4. The largest absolute Gasteiger partial charge is 0.439 e. The molecule has 1 aliphatic rings. The molecule has 4 aromatic carbocycles. The van der Waals surface area contributed by atoms with E-state index in [2.05, 4.69) is 9.97 Å². The van der Waals surface area contributed by atoms with Crippen molar-refractivity contribution in [2.45, 2.75) is 12.5 Å². The van der Waals surface area contributed by atoms with Gasteiger partial charge in [0, 0.05) is 44.6 Å². The Balaban J connectivity index is 1.23. The van der Waals surface area contributed by atoms with Crippen molar-refractivity contribution in [2.24, 2.45) is 0 Å². The average Bonchev–Trinajstić information content (AvgIpc) is 3.36. The van der Waals surface area contributed by atoms with E-state index in [0.717, 1.165) is 38.6 Å². The molecule has 8 heteroatoms. The van der Waals surface area contributed by atoms with Crippen molar-refractivity contribution in [2.75, 3.05) is 6.54 Å². The monoisotopic (exact) mass is 579 g/mol. The zero-order chi connectivity index (χ0) is 27.9. The molecule has 1 amide bonds. The van der Waals surface area contributed by atoms with Crippen LogP contribution >= 0.6 is 23.2 Å². The number of carbonyl (C=O) groups excluding carboxylic acids is 1. The maximum absolute atomic E-state index is 13.5. The van der Waals surface area contributed by atoms with Crippen molar-refractivity contribution < 1.29 is 14.3 Å². The Kier molecular flexibility index (Phi) is 6.50. The molecule has 0 fully saturated rings. The van der Waals surface area contributed by atoms with Crippen molar-refractivity contribution in [3.63, 3.8) is 0 Å². The van der Waals surface area contributed by atoms with Gasteiger partial charge in [-0.25, -0.2) is 9.78 Å². The van der Waals surface area contributed by atoms with Crippen LogP contribution in [0.15, 0.2) is 103 Å². The van der Waals surface area contributed by atoms with Crippen molar-refractivity contribution in [3.8, 4) is 17.4 Å². The summed E-state index contributed by atoms with van der Waals surface area (Å²) in [6.07, 6.45) is 0.219. The smallest absolute Gasteiger partial charge is 0.416 e. The van der Waals surface area contributed by atoms with Gasteiger partial charge in [0.1, 0.15) is 17.5 Å². The molecule has 0 aliphatic carbocycles. The van der Waals surface area contributed by atoms with Gasteiger partial charge in [0.05, 0.1) is 5.52 Å². The molecule has 0 spiro atoms. The number of halogens is 2. The molecule has 41 heavy (non-hydrogen) atoms. The molecule has 202 valence electrons. The van der Waals surface area contributed by atoms with E-state index in [9.17, 15) is 4.79 Å². The summed E-state index contributed by atoms with van der Waals surface area (Å²) in [4.78, 5) is 23.4. The SMILES string of the molecule is O=C(Oc1ccc(Cl)cc1)N1CCc2c([nH]c3ccc(Cl)cc23)C1c1ccc(Oc2ccc3ccccc3n2)cc1. The molecule has 1 atom stereocenters. The number of rotatable bonds is 4. The molecule has 0 radical (unpaired) electrons. The standard InChI is InChI=1S/C33H23Cl2N3O3/c34-22-8-13-25(14-9-22)41-33(39)38-18-17-26-27-19-23(35)10-15-29(27)37-31(26)32(38)21-5-11-24(12-6-21)40-30-16-7-20-3-1-2-4-28(20)36-30/h1-16,19,32,37H,17-18H2. The summed E-state index contributed by atoms with van der Waals surface area (Å²) in [6.45, 7) is 0.475. The molecule has 6 aromatic rings. The second-order valence-corrected chi connectivity index (χ2v) is 10.8. The zero-order valence-corrected chi connectivity index (χ0v) is 23.2. The highest BCUT2D eigenvalue weighted by Crippen LogP contribution is 2.40. The fourth-order valence-electron chi connectivity index (χ4n) is 5.41. The molecule has 0 saturated heterocycles. The first kappa shape index (κ1) is 25.4. The molecular formula is C33H23Cl2N3O3. The number of hydrogen-bond donors (Lipinski definition) is 1. The van der Waals surface area contributed by atoms with E-state index >= 15 is 0 Å². The maximum atomic E-state index is 13.5. The number of aromatic amines is 1. The minimum Gasteiger partial charge on any atom is -0.439 e. The van der Waals surface area contributed by atoms with Gasteiger partial charge in [0.25, 0.3) is 0 Å². The van der Waals surface area contributed by atoms with Gasteiger partial charge in [0.2, 0.25) is 5.88 Å². The first-order chi connectivity index (χ1) is 20.0. The number of ether oxygens (including phenoxy) is 2. The fourth-order valence-corrected chi connectivity index (χ4v) is 5.71. The maximum Gasteiger partial charge on any atom is 0.416 e. The van der Waals surface area contributed by atoms with Crippen LogP contribution in [0.3, 0.4) is 0 Å². The van der Waals surface area contributed by atoms with Gasteiger partial charge in [-0.1, -0.05) is 53.5 Å². The average molecular weight is 580 g/mol. The summed E-state index contributed by atoms with van der Waals surface area (Å²) in [5.41, 5.74) is 4.83. The van der Waals surface area contributed by atoms with E-state index in [0.29, 0.717) is 40.4 Å². The summed E-state index contributed by atoms with van der Waals surface area (Å²) in [7, 11) is 0. The number of para-hydroxylation sites is 1. The Morgan fingerprint density at radius 3 is 2.44 bits per heavy atom. The lowest BCUT2D eigenvalue weighted by molar-refractivity contribution is 0.135. The van der Waals surface area contributed by atoms with Crippen molar-refractivity contribution in [3.05, 3.63) is 130 Å². The van der Waals surface area contributed by atoms with Gasteiger partial charge in [0.15, 0.2) is 0 Å². The number of nitrogens with zero attached hydrogens (tertiary/aromatic N) is 2. The van der Waals surface area contributed by atoms with E-state index < -0.39 is 12.1 Å². The van der Waals surface area contributed by atoms with E-state index in [1.807, 2.05) is 78.9 Å². The summed E-state index contributed by atoms with van der Waals surface area (Å²) in [6, 6.07) is 31.6. The van der Waals surface area contributed by atoms with Crippen LogP contribution in [0.4, 0.5) is 4.79 Å². The lowest BCUT2D eigenvalue weighted by Crippen LogP contribution is -2.42. The Labute approximate surface area is 246 Å². The minimum atomic E-state index is -0.444. The van der Waals surface area contributed by atoms with Gasteiger partial charge >= 0.3 is 6.09 Å². The predicted octanol–water partition coefficient (Wildman–Crippen LogP) is 8.96. The second-order valence-electron chi connectivity index (χ2n) is 9.89. The summed E-state index contributed by atoms with van der Waals surface area (Å²) >= 11 is 12.4. The number of H-pyrrole nitrogens is 1. The van der Waals surface area contributed by atoms with Gasteiger partial charge in [-0.3, -0.25) is 4.90 Å². The Hall–Kier alpha value is -4.52. The summed E-state index contributed by atoms with van der Waals surface area (Å²) < 4.78 is 11.8. The van der Waals surface area contributed by atoms with Crippen LogP contribution in [0.1, 0.15) is 22.9 Å². The van der Waals surface area contributed by atoms with E-state index in [-0.39, 0.29) is 0 Å². The highest BCUT2D eigenvalue weighted by Gasteiger charge is 2.35. The molecule has 2 aromatic heterocycles. The quantitative estimate of drug-likeness (QED) is 0.226. The third kappa shape index (κ3) is 4.97. The van der Waals surface area contributed by atoms with Crippen LogP contribution in [-0.4, -0.2) is 27.5 Å². The van der Waals surface area contributed by atoms with E-state index in [1.54, 1.807) is 29.2 Å². The Bertz CT molecular complexity index is 1900. The van der Waals surface area contributed by atoms with Crippen LogP contribution in [0.2, 0.25) is 10.0 Å². The number of hydrogen-bond acceptors (Lipinski definition) is 4. The first-order valence-corrected chi connectivity index (χ1v) is 13.9.